The molecule has 0 heterocycles. The second-order valence-electron chi connectivity index (χ2n) is 3.28. The average molecular weight is 265 g/mol. The van der Waals surface area contributed by atoms with Gasteiger partial charge in [-0.25, -0.2) is 9.28 Å². The van der Waals surface area contributed by atoms with Crippen LogP contribution in [0, 0.1) is 0 Å². The van der Waals surface area contributed by atoms with Gasteiger partial charge < -0.3 is 0 Å². The zero-order chi connectivity index (χ0) is 13.2. The number of alkyl halides is 1. The number of hydrogen-bond donors (Lipinski definition) is 0. The quantitative estimate of drug-likeness (QED) is 0.304. The SMILES string of the molecule is CC(=O)[N+](C)(C)CF.F[P-](F)(F)(F)(F)F. The summed E-state index contributed by atoms with van der Waals surface area (Å²) in [4.78, 5) is 10.4. The van der Waals surface area contributed by atoms with Crippen molar-refractivity contribution in [3.05, 3.63) is 0 Å². The Morgan fingerprint density at radius 3 is 1.27 bits per heavy atom. The van der Waals surface area contributed by atoms with E-state index in [9.17, 15) is 34.4 Å². The number of amides is 1. The number of carbonyl (C=O) groups excluding carboxylic acids is 1. The summed E-state index contributed by atoms with van der Waals surface area (Å²) < 4.78 is 70.8. The van der Waals surface area contributed by atoms with Crippen molar-refractivity contribution in [1.29, 1.82) is 0 Å². The summed E-state index contributed by atoms with van der Waals surface area (Å²) in [5, 5.41) is 0. The van der Waals surface area contributed by atoms with Crippen LogP contribution in [0.25, 0.3) is 0 Å². The topological polar surface area (TPSA) is 17.1 Å². The van der Waals surface area contributed by atoms with Crippen molar-refractivity contribution >= 4 is 13.7 Å². The van der Waals surface area contributed by atoms with Gasteiger partial charge in [0.15, 0.2) is 0 Å². The van der Waals surface area contributed by atoms with E-state index in [0.717, 1.165) is 0 Å². The second-order valence-corrected chi connectivity index (χ2v) is 5.20. The predicted molar refractivity (Wildman–Crippen MR) is 42.3 cm³/mol. The van der Waals surface area contributed by atoms with Gasteiger partial charge in [-0.3, -0.25) is 0 Å². The van der Waals surface area contributed by atoms with E-state index in [1.54, 1.807) is 0 Å². The molecule has 0 radical (unpaired) electrons. The zero-order valence-electron chi connectivity index (χ0n) is 8.16. The van der Waals surface area contributed by atoms with Crippen LogP contribution in [-0.4, -0.2) is 31.3 Å². The molecule has 0 saturated carbocycles. The Kier molecular flexibility index (Phi) is 4.02. The standard InChI is InChI=1S/C5H11FNO.F6P/c1-5(8)7(2,3)4-6;1-7(2,3,4,5)6/h4H2,1-3H3;/q+1;-1. The minimum absolute atomic E-state index is 0.160. The van der Waals surface area contributed by atoms with Gasteiger partial charge in [0, 0.05) is 0 Å². The van der Waals surface area contributed by atoms with Crippen LogP contribution >= 0.6 is 7.81 Å². The molecule has 0 spiro atoms. The van der Waals surface area contributed by atoms with Crippen LogP contribution in [0.3, 0.4) is 0 Å². The average Bonchev–Trinajstić information content (AvgIpc) is 1.80. The van der Waals surface area contributed by atoms with E-state index < -0.39 is 14.6 Å². The van der Waals surface area contributed by atoms with Crippen LogP contribution in [-0.2, 0) is 4.79 Å². The Hall–Kier alpha value is -0.430. The monoisotopic (exact) mass is 265 g/mol. The van der Waals surface area contributed by atoms with Gasteiger partial charge in [-0.1, -0.05) is 0 Å². The molecule has 0 aliphatic rings. The predicted octanol–water partition coefficient (Wildman–Crippen LogP) is 3.92. The van der Waals surface area contributed by atoms with Gasteiger partial charge in [0.2, 0.25) is 6.80 Å². The number of quaternary nitrogens is 1. The first-order valence-electron chi connectivity index (χ1n) is 3.42. The van der Waals surface area contributed by atoms with Gasteiger partial charge >= 0.3 is 38.9 Å². The van der Waals surface area contributed by atoms with Crippen LogP contribution in [0.5, 0.6) is 0 Å². The summed E-state index contributed by atoms with van der Waals surface area (Å²) in [5.74, 6) is -0.160. The van der Waals surface area contributed by atoms with Crippen molar-refractivity contribution in [1.82, 2.24) is 0 Å². The molecule has 0 rings (SSSR count). The Morgan fingerprint density at radius 2 is 1.27 bits per heavy atom. The number of carbonyl (C=O) groups is 1. The molecule has 0 unspecified atom stereocenters. The first kappa shape index (κ1) is 17.0. The Labute approximate surface area is 81.5 Å². The third-order valence-corrected chi connectivity index (χ3v) is 1.15. The fraction of sp³-hybridized carbons (Fsp3) is 0.800. The number of halogens is 7. The summed E-state index contributed by atoms with van der Waals surface area (Å²) in [6.45, 7) is 0.745. The molecule has 15 heavy (non-hydrogen) atoms. The maximum atomic E-state index is 11.8. The van der Waals surface area contributed by atoms with E-state index in [-0.39, 0.29) is 10.4 Å². The molecule has 96 valence electrons. The molecule has 2 nitrogen and oxygen atoms in total. The van der Waals surface area contributed by atoms with Crippen LogP contribution in [0.4, 0.5) is 29.6 Å². The minimum atomic E-state index is -10.7. The Balaban J connectivity index is 0. The normalized spacial score (nSPS) is 16.9. The van der Waals surface area contributed by atoms with E-state index in [4.69, 9.17) is 0 Å². The zero-order valence-corrected chi connectivity index (χ0v) is 9.05. The summed E-state index contributed by atoms with van der Waals surface area (Å²) in [5.41, 5.74) is 0. The van der Waals surface area contributed by atoms with Gasteiger partial charge in [0.1, 0.15) is 0 Å². The van der Waals surface area contributed by atoms with Gasteiger partial charge in [-0.2, -0.15) is 4.39 Å². The van der Waals surface area contributed by atoms with Gasteiger partial charge in [0.25, 0.3) is 0 Å². The molecule has 0 aliphatic carbocycles. The molecule has 0 aromatic rings. The van der Waals surface area contributed by atoms with Crippen molar-refractivity contribution < 1.29 is 38.8 Å². The van der Waals surface area contributed by atoms with Gasteiger partial charge in [-0.15, -0.1) is 0 Å². The summed E-state index contributed by atoms with van der Waals surface area (Å²) in [6.07, 6.45) is 0. The number of nitrogens with zero attached hydrogens (tertiary/aromatic N) is 1. The van der Waals surface area contributed by atoms with E-state index in [0.29, 0.717) is 0 Å². The first-order valence-corrected chi connectivity index (χ1v) is 5.45. The Bertz CT molecular complexity index is 230. The maximum absolute atomic E-state index is 11.8. The van der Waals surface area contributed by atoms with Gasteiger partial charge in [-0.05, 0) is 0 Å². The van der Waals surface area contributed by atoms with Crippen LogP contribution in [0.2, 0.25) is 0 Å². The summed E-state index contributed by atoms with van der Waals surface area (Å²) >= 11 is 0. The molecule has 0 aromatic carbocycles. The molecular formula is C5H11F7NOP. The first-order chi connectivity index (χ1) is 5.95. The summed E-state index contributed by atoms with van der Waals surface area (Å²) in [6, 6.07) is 0. The molecule has 0 aromatic heterocycles. The fourth-order valence-electron chi connectivity index (χ4n) is 0.0842. The van der Waals surface area contributed by atoms with E-state index in [2.05, 4.69) is 0 Å². The van der Waals surface area contributed by atoms with Crippen LogP contribution < -0.4 is 0 Å². The molecular weight excluding hydrogens is 254 g/mol. The van der Waals surface area contributed by atoms with Crippen molar-refractivity contribution in [3.63, 3.8) is 0 Å². The van der Waals surface area contributed by atoms with Crippen LogP contribution in [0.15, 0.2) is 0 Å². The molecule has 10 heteroatoms. The number of rotatable bonds is 1. The third-order valence-electron chi connectivity index (χ3n) is 1.15. The van der Waals surface area contributed by atoms with Crippen molar-refractivity contribution in [2.45, 2.75) is 6.92 Å². The molecule has 1 amide bonds. The summed E-state index contributed by atoms with van der Waals surface area (Å²) in [7, 11) is -7.60. The molecule has 0 fully saturated rings. The third kappa shape index (κ3) is 24.7. The van der Waals surface area contributed by atoms with Crippen molar-refractivity contribution in [3.8, 4) is 0 Å². The van der Waals surface area contributed by atoms with Crippen molar-refractivity contribution in [2.24, 2.45) is 0 Å². The van der Waals surface area contributed by atoms with E-state index in [1.165, 1.54) is 21.0 Å². The van der Waals surface area contributed by atoms with E-state index in [1.807, 2.05) is 0 Å². The molecule has 0 saturated heterocycles. The van der Waals surface area contributed by atoms with E-state index >= 15 is 0 Å². The molecule has 0 atom stereocenters. The molecule has 0 aliphatic heterocycles. The van der Waals surface area contributed by atoms with Crippen LogP contribution in [0.1, 0.15) is 6.92 Å². The Morgan fingerprint density at radius 1 is 1.07 bits per heavy atom. The van der Waals surface area contributed by atoms with Gasteiger partial charge in [0.05, 0.1) is 21.0 Å². The number of hydrogen-bond acceptors (Lipinski definition) is 1. The second kappa shape index (κ2) is 3.55. The van der Waals surface area contributed by atoms with Crippen molar-refractivity contribution in [2.75, 3.05) is 20.9 Å². The molecule has 0 bridgehead atoms. The fourth-order valence-corrected chi connectivity index (χ4v) is 0.0842. The molecule has 0 N–H and O–H groups in total.